The van der Waals surface area contributed by atoms with Gasteiger partial charge in [0.1, 0.15) is 11.7 Å². The lowest BCUT2D eigenvalue weighted by Gasteiger charge is -2.29. The molecule has 0 spiro atoms. The van der Waals surface area contributed by atoms with Crippen LogP contribution in [0.1, 0.15) is 6.23 Å². The molecular weight excluding hydrogens is 366 g/mol. The quantitative estimate of drug-likeness (QED) is 0.162. The molecular formula is C10H14FN6O7P. The second kappa shape index (κ2) is 7.89. The van der Waals surface area contributed by atoms with Crippen molar-refractivity contribution in [2.24, 2.45) is 5.11 Å². The number of halogens is 1. The van der Waals surface area contributed by atoms with Crippen molar-refractivity contribution in [3.63, 3.8) is 0 Å². The smallest absolute Gasteiger partial charge is 0.351 e. The molecule has 0 aliphatic carbocycles. The van der Waals surface area contributed by atoms with Crippen LogP contribution in [0, 0.1) is 0 Å². The maximum atomic E-state index is 14.5. The molecule has 25 heavy (non-hydrogen) atoms. The molecule has 4 N–H and O–H groups in total. The van der Waals surface area contributed by atoms with Crippen molar-refractivity contribution in [3.05, 3.63) is 33.2 Å². The van der Waals surface area contributed by atoms with Crippen LogP contribution in [0.5, 0.6) is 0 Å². The Morgan fingerprint density at radius 2 is 2.40 bits per heavy atom. The van der Waals surface area contributed by atoms with Crippen LogP contribution < -0.4 is 11.2 Å². The van der Waals surface area contributed by atoms with Gasteiger partial charge in [-0.25, -0.2) is 9.18 Å². The summed E-state index contributed by atoms with van der Waals surface area (Å²) in [6.45, 7) is -1.37. The van der Waals surface area contributed by atoms with E-state index in [9.17, 15) is 18.9 Å². The van der Waals surface area contributed by atoms with E-state index in [1.165, 1.54) is 0 Å². The lowest BCUT2D eigenvalue weighted by molar-refractivity contribution is -0.117. The van der Waals surface area contributed by atoms with Gasteiger partial charge in [0.2, 0.25) is 0 Å². The van der Waals surface area contributed by atoms with Crippen molar-refractivity contribution < 1.29 is 33.4 Å². The van der Waals surface area contributed by atoms with Crippen molar-refractivity contribution in [2.45, 2.75) is 24.1 Å². The van der Waals surface area contributed by atoms with Gasteiger partial charge in [-0.15, -0.1) is 0 Å². The number of hydrogen-bond acceptors (Lipinski definition) is 9. The number of anilines is 1. The summed E-state index contributed by atoms with van der Waals surface area (Å²) in [7, 11) is -3.44. The average Bonchev–Trinajstić information content (AvgIpc) is 2.83. The summed E-state index contributed by atoms with van der Waals surface area (Å²) in [6, 6.07) is 1.14. The Bertz CT molecular complexity index is 758. The number of aromatic nitrogens is 2. The van der Waals surface area contributed by atoms with E-state index in [0.29, 0.717) is 4.57 Å². The Morgan fingerprint density at radius 3 is 2.96 bits per heavy atom. The fourth-order valence-corrected chi connectivity index (χ4v) is 2.70. The zero-order valence-corrected chi connectivity index (χ0v) is 13.4. The summed E-state index contributed by atoms with van der Waals surface area (Å²) in [6.07, 6.45) is -4.70. The zero-order valence-electron chi connectivity index (χ0n) is 12.4. The predicted molar refractivity (Wildman–Crippen MR) is 78.8 cm³/mol. The number of nitrogens with zero attached hydrogens (tertiary/aromatic N) is 5. The van der Waals surface area contributed by atoms with Crippen LogP contribution in [0.3, 0.4) is 0 Å². The third kappa shape index (κ3) is 3.96. The molecule has 5 atom stereocenters. The van der Waals surface area contributed by atoms with Gasteiger partial charge in [0, 0.05) is 11.1 Å². The van der Waals surface area contributed by atoms with E-state index in [1.54, 1.807) is 5.48 Å². The number of alkyl halides is 1. The SMILES string of the molecule is [N-]=[N+]=NC[C@]1(CO[PH](=O)O)O[C@@H](n2ccc(NO)nc2=O)[C@H](F)[C@@H]1O. The van der Waals surface area contributed by atoms with E-state index in [4.69, 9.17) is 20.4 Å². The number of aliphatic hydroxyl groups excluding tert-OH is 1. The Balaban J connectivity index is 2.37. The number of ether oxygens (including phenoxy) is 1. The van der Waals surface area contributed by atoms with Crippen LogP contribution in [0.2, 0.25) is 0 Å². The highest BCUT2D eigenvalue weighted by atomic mass is 31.1. The third-order valence-electron chi connectivity index (χ3n) is 3.53. The Kier molecular flexibility index (Phi) is 6.08. The Hall–Kier alpha value is -2.05. The van der Waals surface area contributed by atoms with Crippen molar-refractivity contribution >= 4 is 14.1 Å². The van der Waals surface area contributed by atoms with Gasteiger partial charge in [-0.3, -0.25) is 19.8 Å². The van der Waals surface area contributed by atoms with Crippen LogP contribution in [0.15, 0.2) is 22.2 Å². The van der Waals surface area contributed by atoms with Crippen LogP contribution >= 0.6 is 8.25 Å². The van der Waals surface area contributed by atoms with E-state index in [0.717, 1.165) is 12.3 Å². The third-order valence-corrected chi connectivity index (χ3v) is 3.92. The summed E-state index contributed by atoms with van der Waals surface area (Å²) < 4.78 is 35.9. The molecule has 138 valence electrons. The summed E-state index contributed by atoms with van der Waals surface area (Å²) in [5.41, 5.74) is 7.10. The van der Waals surface area contributed by atoms with Gasteiger partial charge in [-0.2, -0.15) is 4.98 Å². The predicted octanol–water partition coefficient (Wildman–Crippen LogP) is -0.280. The van der Waals surface area contributed by atoms with E-state index < -0.39 is 51.2 Å². The molecule has 0 aromatic carbocycles. The molecule has 1 saturated heterocycles. The van der Waals surface area contributed by atoms with Crippen molar-refractivity contribution in [3.8, 4) is 0 Å². The summed E-state index contributed by atoms with van der Waals surface area (Å²) in [5.74, 6) is -0.197. The highest BCUT2D eigenvalue weighted by molar-refractivity contribution is 7.32. The first-order chi connectivity index (χ1) is 11.8. The first-order valence-electron chi connectivity index (χ1n) is 6.70. The number of nitrogens with one attached hydrogen (secondary N) is 1. The molecule has 1 aromatic heterocycles. The number of hydrogen-bond donors (Lipinski definition) is 4. The van der Waals surface area contributed by atoms with Gasteiger partial charge in [0.15, 0.2) is 18.2 Å². The maximum Gasteiger partial charge on any atom is 0.351 e. The number of rotatable bonds is 7. The molecule has 2 heterocycles. The minimum atomic E-state index is -3.44. The van der Waals surface area contributed by atoms with Gasteiger partial charge in [-0.1, -0.05) is 5.11 Å². The topological polar surface area (TPSA) is 192 Å². The van der Waals surface area contributed by atoms with E-state index in [2.05, 4.69) is 19.5 Å². The summed E-state index contributed by atoms with van der Waals surface area (Å²) in [4.78, 5) is 26.6. The van der Waals surface area contributed by atoms with E-state index in [-0.39, 0.29) is 5.82 Å². The molecule has 0 amide bonds. The molecule has 15 heteroatoms. The largest absolute Gasteiger partial charge is 0.387 e. The minimum absolute atomic E-state index is 0.197. The summed E-state index contributed by atoms with van der Waals surface area (Å²) >= 11 is 0. The first-order valence-corrected chi connectivity index (χ1v) is 7.97. The van der Waals surface area contributed by atoms with Crippen LogP contribution in [0.25, 0.3) is 10.4 Å². The van der Waals surface area contributed by atoms with Gasteiger partial charge < -0.3 is 19.3 Å². The van der Waals surface area contributed by atoms with Gasteiger partial charge in [0.05, 0.1) is 13.2 Å². The van der Waals surface area contributed by atoms with Crippen LogP contribution in [0.4, 0.5) is 10.2 Å². The fourth-order valence-electron chi connectivity index (χ4n) is 2.33. The second-order valence-electron chi connectivity index (χ2n) is 5.02. The molecule has 0 bridgehead atoms. The molecule has 2 rings (SSSR count). The normalized spacial score (nSPS) is 29.8. The molecule has 1 fully saturated rings. The van der Waals surface area contributed by atoms with Crippen LogP contribution in [-0.4, -0.2) is 55.8 Å². The lowest BCUT2D eigenvalue weighted by Crippen LogP contribution is -2.48. The van der Waals surface area contributed by atoms with E-state index in [1.807, 2.05) is 0 Å². The lowest BCUT2D eigenvalue weighted by atomic mass is 9.97. The number of aliphatic hydroxyl groups is 1. The van der Waals surface area contributed by atoms with E-state index >= 15 is 0 Å². The first kappa shape index (κ1) is 19.3. The standard InChI is InChI=1S/C10H14FN6O7P/c11-6-7(18)10(3-13-16-12,4-23-25(21)22)24-8(6)17-2-1-5(15-20)14-9(17)19/h1-2,6-8,18,20,25H,3-4H2,(H,21,22)(H,14,15,19)/t6-,7+,8-,10-/m1/s1. The molecule has 1 aromatic rings. The molecule has 1 aliphatic rings. The molecule has 1 aliphatic heterocycles. The molecule has 0 saturated carbocycles. The average molecular weight is 380 g/mol. The zero-order chi connectivity index (χ0) is 18.6. The van der Waals surface area contributed by atoms with Crippen molar-refractivity contribution in [1.29, 1.82) is 0 Å². The van der Waals surface area contributed by atoms with Gasteiger partial charge in [-0.05, 0) is 11.6 Å². The number of azide groups is 1. The monoisotopic (exact) mass is 380 g/mol. The maximum absolute atomic E-state index is 14.5. The van der Waals surface area contributed by atoms with Crippen molar-refractivity contribution in [1.82, 2.24) is 9.55 Å². The fraction of sp³-hybridized carbons (Fsp3) is 0.600. The highest BCUT2D eigenvalue weighted by Gasteiger charge is 2.56. The second-order valence-corrected chi connectivity index (χ2v) is 5.84. The van der Waals surface area contributed by atoms with Gasteiger partial charge in [0.25, 0.3) is 0 Å². The van der Waals surface area contributed by atoms with Crippen LogP contribution in [-0.2, 0) is 13.8 Å². The summed E-state index contributed by atoms with van der Waals surface area (Å²) in [5, 5.41) is 22.0. The van der Waals surface area contributed by atoms with Gasteiger partial charge >= 0.3 is 13.9 Å². The Labute approximate surface area is 139 Å². The van der Waals surface area contributed by atoms with Crippen molar-refractivity contribution in [2.75, 3.05) is 18.6 Å². The Morgan fingerprint density at radius 1 is 1.68 bits per heavy atom. The highest BCUT2D eigenvalue weighted by Crippen LogP contribution is 2.40. The molecule has 13 nitrogen and oxygen atoms in total. The molecule has 1 unspecified atom stereocenters. The minimum Gasteiger partial charge on any atom is -0.387 e. The molecule has 0 radical (unpaired) electrons.